The van der Waals surface area contributed by atoms with Gasteiger partial charge in [0.1, 0.15) is 0 Å². The molecule has 0 spiro atoms. The van der Waals surface area contributed by atoms with Crippen LogP contribution in [0.1, 0.15) is 6.42 Å². The van der Waals surface area contributed by atoms with Gasteiger partial charge in [0, 0.05) is 17.0 Å². The van der Waals surface area contributed by atoms with Gasteiger partial charge >= 0.3 is 0 Å². The number of nitrogens with zero attached hydrogens (tertiary/aromatic N) is 1. The zero-order chi connectivity index (χ0) is 15.7. The van der Waals surface area contributed by atoms with Crippen LogP contribution in [0, 0.1) is 0 Å². The van der Waals surface area contributed by atoms with Crippen LogP contribution in [0.5, 0.6) is 0 Å². The molecular weight excluding hydrogens is 320 g/mol. The third kappa shape index (κ3) is 2.82. The molecule has 22 heavy (non-hydrogen) atoms. The Hall–Kier alpha value is -1.98. The lowest BCUT2D eigenvalue weighted by Crippen LogP contribution is -2.31. The van der Waals surface area contributed by atoms with Crippen LogP contribution < -0.4 is 10.6 Å². The number of nitrogen functional groups attached to an aromatic ring is 1. The number of halogens is 1. The first-order chi connectivity index (χ1) is 10.6. The lowest BCUT2D eigenvalue weighted by atomic mass is 10.3. The Bertz CT molecular complexity index is 750. The highest BCUT2D eigenvalue weighted by Gasteiger charge is 2.40. The summed E-state index contributed by atoms with van der Waals surface area (Å²) in [6.45, 7) is 0. The highest BCUT2D eigenvalue weighted by Crippen LogP contribution is 2.36. The minimum atomic E-state index is -0.453. The fraction of sp³-hybridized carbons (Fsp3) is 0.125. The Balaban J connectivity index is 1.84. The van der Waals surface area contributed by atoms with Gasteiger partial charge in [-0.25, -0.2) is 4.90 Å². The van der Waals surface area contributed by atoms with E-state index in [0.29, 0.717) is 16.4 Å². The SMILES string of the molecule is Nc1cccc(S[C@H]2CC(=O)N(c3ccccc3Cl)C2=O)c1. The summed E-state index contributed by atoms with van der Waals surface area (Å²) in [6.07, 6.45) is 0.156. The van der Waals surface area contributed by atoms with Gasteiger partial charge in [0.05, 0.1) is 16.0 Å². The first-order valence-electron chi connectivity index (χ1n) is 6.70. The second kappa shape index (κ2) is 6.02. The molecular formula is C16H13ClN2O2S. The Kier molecular flexibility index (Phi) is 4.09. The van der Waals surface area contributed by atoms with E-state index >= 15 is 0 Å². The molecule has 112 valence electrons. The average Bonchev–Trinajstić information content (AvgIpc) is 2.74. The molecule has 2 aromatic carbocycles. The Labute approximate surface area is 137 Å². The van der Waals surface area contributed by atoms with Crippen LogP contribution >= 0.6 is 23.4 Å². The second-order valence-electron chi connectivity index (χ2n) is 4.90. The van der Waals surface area contributed by atoms with Crippen LogP contribution in [0.2, 0.25) is 5.02 Å². The minimum Gasteiger partial charge on any atom is -0.399 e. The number of hydrogen-bond acceptors (Lipinski definition) is 4. The highest BCUT2D eigenvalue weighted by molar-refractivity contribution is 8.00. The maximum absolute atomic E-state index is 12.6. The fourth-order valence-electron chi connectivity index (χ4n) is 2.33. The quantitative estimate of drug-likeness (QED) is 0.691. The Morgan fingerprint density at radius 1 is 1.14 bits per heavy atom. The monoisotopic (exact) mass is 332 g/mol. The Morgan fingerprint density at radius 3 is 2.64 bits per heavy atom. The van der Waals surface area contributed by atoms with E-state index in [4.69, 9.17) is 17.3 Å². The van der Waals surface area contributed by atoms with E-state index in [0.717, 1.165) is 4.90 Å². The predicted molar refractivity (Wildman–Crippen MR) is 89.1 cm³/mol. The van der Waals surface area contributed by atoms with E-state index in [1.165, 1.54) is 16.7 Å². The third-order valence-electron chi connectivity index (χ3n) is 3.34. The van der Waals surface area contributed by atoms with Crippen LogP contribution in [0.15, 0.2) is 53.4 Å². The summed E-state index contributed by atoms with van der Waals surface area (Å²) >= 11 is 7.44. The summed E-state index contributed by atoms with van der Waals surface area (Å²) in [5, 5.41) is -0.0654. The average molecular weight is 333 g/mol. The van der Waals surface area contributed by atoms with Crippen LogP contribution in [0.4, 0.5) is 11.4 Å². The summed E-state index contributed by atoms with van der Waals surface area (Å²) in [7, 11) is 0. The summed E-state index contributed by atoms with van der Waals surface area (Å²) in [5.41, 5.74) is 6.81. The van der Waals surface area contributed by atoms with E-state index in [1.807, 2.05) is 12.1 Å². The van der Waals surface area contributed by atoms with Crippen LogP contribution in [-0.2, 0) is 9.59 Å². The summed E-state index contributed by atoms with van der Waals surface area (Å²) in [5.74, 6) is -0.481. The number of amides is 2. The number of nitrogens with two attached hydrogens (primary N) is 1. The number of carbonyl (C=O) groups is 2. The van der Waals surface area contributed by atoms with Crippen molar-refractivity contribution in [2.45, 2.75) is 16.6 Å². The number of thioether (sulfide) groups is 1. The molecule has 1 saturated heterocycles. The van der Waals surface area contributed by atoms with E-state index in [-0.39, 0.29) is 18.2 Å². The standard InChI is InChI=1S/C16H13ClN2O2S/c17-12-6-1-2-7-13(12)19-15(20)9-14(16(19)21)22-11-5-3-4-10(18)8-11/h1-8,14H,9,18H2/t14-/m0/s1. The molecule has 0 aromatic heterocycles. The van der Waals surface area contributed by atoms with Crippen molar-refractivity contribution in [1.82, 2.24) is 0 Å². The van der Waals surface area contributed by atoms with Crippen LogP contribution in [0.25, 0.3) is 0 Å². The van der Waals surface area contributed by atoms with E-state index in [9.17, 15) is 9.59 Å². The molecule has 2 amide bonds. The largest absolute Gasteiger partial charge is 0.399 e. The van der Waals surface area contributed by atoms with Crippen molar-refractivity contribution in [3.05, 3.63) is 53.6 Å². The molecule has 0 unspecified atom stereocenters. The lowest BCUT2D eigenvalue weighted by Gasteiger charge is -2.16. The van der Waals surface area contributed by atoms with Crippen molar-refractivity contribution in [1.29, 1.82) is 0 Å². The number of anilines is 2. The molecule has 1 aliphatic heterocycles. The van der Waals surface area contributed by atoms with Gasteiger partial charge < -0.3 is 5.73 Å². The van der Waals surface area contributed by atoms with E-state index < -0.39 is 5.25 Å². The van der Waals surface area contributed by atoms with Crippen molar-refractivity contribution in [2.24, 2.45) is 0 Å². The maximum Gasteiger partial charge on any atom is 0.247 e. The number of para-hydroxylation sites is 1. The zero-order valence-electron chi connectivity index (χ0n) is 11.5. The number of imide groups is 1. The second-order valence-corrected chi connectivity index (χ2v) is 6.59. The first-order valence-corrected chi connectivity index (χ1v) is 7.95. The molecule has 0 saturated carbocycles. The fourth-order valence-corrected chi connectivity index (χ4v) is 3.68. The van der Waals surface area contributed by atoms with Gasteiger partial charge in [0.25, 0.3) is 0 Å². The van der Waals surface area contributed by atoms with E-state index in [1.54, 1.807) is 36.4 Å². The molecule has 6 heteroatoms. The van der Waals surface area contributed by atoms with Gasteiger partial charge in [0.15, 0.2) is 0 Å². The molecule has 1 heterocycles. The number of hydrogen-bond donors (Lipinski definition) is 1. The molecule has 1 aliphatic rings. The molecule has 2 N–H and O–H groups in total. The predicted octanol–water partition coefficient (Wildman–Crippen LogP) is 3.35. The first kappa shape index (κ1) is 14.9. The van der Waals surface area contributed by atoms with Crippen molar-refractivity contribution >= 4 is 46.6 Å². The summed E-state index contributed by atoms with van der Waals surface area (Å²) in [4.78, 5) is 26.8. The lowest BCUT2D eigenvalue weighted by molar-refractivity contribution is -0.121. The van der Waals surface area contributed by atoms with Gasteiger partial charge in [-0.1, -0.05) is 29.8 Å². The van der Waals surface area contributed by atoms with Gasteiger partial charge in [-0.2, -0.15) is 0 Å². The minimum absolute atomic E-state index is 0.156. The maximum atomic E-state index is 12.6. The van der Waals surface area contributed by atoms with Gasteiger partial charge in [-0.15, -0.1) is 11.8 Å². The molecule has 1 fully saturated rings. The highest BCUT2D eigenvalue weighted by atomic mass is 35.5. The molecule has 0 bridgehead atoms. The van der Waals surface area contributed by atoms with Crippen LogP contribution in [0.3, 0.4) is 0 Å². The molecule has 0 radical (unpaired) electrons. The number of rotatable bonds is 3. The van der Waals surface area contributed by atoms with Crippen molar-refractivity contribution in [3.63, 3.8) is 0 Å². The Morgan fingerprint density at radius 2 is 1.91 bits per heavy atom. The van der Waals surface area contributed by atoms with Crippen LogP contribution in [-0.4, -0.2) is 17.1 Å². The normalized spacial score (nSPS) is 18.0. The summed E-state index contributed by atoms with van der Waals surface area (Å²) < 4.78 is 0. The van der Waals surface area contributed by atoms with Gasteiger partial charge in [-0.3, -0.25) is 9.59 Å². The van der Waals surface area contributed by atoms with Gasteiger partial charge in [0.2, 0.25) is 11.8 Å². The molecule has 1 atom stereocenters. The van der Waals surface area contributed by atoms with E-state index in [2.05, 4.69) is 0 Å². The van der Waals surface area contributed by atoms with Gasteiger partial charge in [-0.05, 0) is 30.3 Å². The topological polar surface area (TPSA) is 63.4 Å². The number of benzene rings is 2. The van der Waals surface area contributed by atoms with Crippen molar-refractivity contribution in [2.75, 3.05) is 10.6 Å². The van der Waals surface area contributed by atoms with Crippen molar-refractivity contribution in [3.8, 4) is 0 Å². The van der Waals surface area contributed by atoms with Crippen molar-refractivity contribution < 1.29 is 9.59 Å². The molecule has 2 aromatic rings. The summed E-state index contributed by atoms with van der Waals surface area (Å²) in [6, 6.07) is 14.1. The number of carbonyl (C=O) groups excluding carboxylic acids is 2. The molecule has 3 rings (SSSR count). The molecule has 4 nitrogen and oxygen atoms in total. The third-order valence-corrected chi connectivity index (χ3v) is 4.83. The smallest absolute Gasteiger partial charge is 0.247 e. The molecule has 0 aliphatic carbocycles. The zero-order valence-corrected chi connectivity index (χ0v) is 13.1.